The van der Waals surface area contributed by atoms with Crippen LogP contribution in [0.15, 0.2) is 30.3 Å². The van der Waals surface area contributed by atoms with Crippen molar-refractivity contribution in [2.45, 2.75) is 84.0 Å². The zero-order chi connectivity index (χ0) is 22.0. The summed E-state index contributed by atoms with van der Waals surface area (Å²) in [4.78, 5) is 9.87. The fourth-order valence-electron chi connectivity index (χ4n) is 4.24. The minimum absolute atomic E-state index is 0.217. The molecule has 0 spiro atoms. The van der Waals surface area contributed by atoms with Crippen LogP contribution >= 0.6 is 0 Å². The topological polar surface area (TPSA) is 93.7 Å². The van der Waals surface area contributed by atoms with Crippen LogP contribution in [-0.2, 0) is 6.54 Å². The van der Waals surface area contributed by atoms with Crippen molar-refractivity contribution in [2.75, 3.05) is 10.6 Å². The summed E-state index contributed by atoms with van der Waals surface area (Å²) >= 11 is 0. The minimum Gasteiger partial charge on any atom is -0.364 e. The highest BCUT2D eigenvalue weighted by molar-refractivity contribution is 5.89. The van der Waals surface area contributed by atoms with Gasteiger partial charge in [0.2, 0.25) is 5.95 Å². The summed E-state index contributed by atoms with van der Waals surface area (Å²) < 4.78 is 2.06. The molecule has 0 amide bonds. The lowest BCUT2D eigenvalue weighted by molar-refractivity contribution is 0.410. The Morgan fingerprint density at radius 1 is 1.03 bits per heavy atom. The van der Waals surface area contributed by atoms with Gasteiger partial charge >= 0.3 is 0 Å². The Balaban J connectivity index is 1.73. The first kappa shape index (κ1) is 21.6. The van der Waals surface area contributed by atoms with Gasteiger partial charge in [0.1, 0.15) is 11.0 Å². The zero-order valence-electron chi connectivity index (χ0n) is 19.1. The lowest BCUT2D eigenvalue weighted by atomic mass is 9.92. The third-order valence-electron chi connectivity index (χ3n) is 6.02. The summed E-state index contributed by atoms with van der Waals surface area (Å²) in [7, 11) is 0. The zero-order valence-corrected chi connectivity index (χ0v) is 19.1. The Kier molecular flexibility index (Phi) is 6.41. The number of fused-ring (bicyclic) bond motifs is 1. The number of aromatic nitrogens is 4. The van der Waals surface area contributed by atoms with Crippen molar-refractivity contribution in [2.24, 2.45) is 5.73 Å². The van der Waals surface area contributed by atoms with E-state index in [4.69, 9.17) is 20.8 Å². The molecular formula is C24H35N7. The van der Waals surface area contributed by atoms with Crippen LogP contribution in [0.2, 0.25) is 0 Å². The van der Waals surface area contributed by atoms with Crippen molar-refractivity contribution in [3.8, 4) is 0 Å². The van der Waals surface area contributed by atoms with Crippen LogP contribution in [0, 0.1) is 0 Å². The smallest absolute Gasteiger partial charge is 0.225 e. The van der Waals surface area contributed by atoms with Crippen LogP contribution in [0.1, 0.15) is 76.6 Å². The molecule has 0 radical (unpaired) electrons. The molecule has 0 atom stereocenters. The van der Waals surface area contributed by atoms with Gasteiger partial charge in [-0.25, -0.2) is 4.98 Å². The van der Waals surface area contributed by atoms with E-state index in [1.807, 2.05) is 6.07 Å². The number of nitrogens with zero attached hydrogens (tertiary/aromatic N) is 4. The maximum atomic E-state index is 6.09. The van der Waals surface area contributed by atoms with Gasteiger partial charge in [0, 0.05) is 24.7 Å². The monoisotopic (exact) mass is 421 g/mol. The quantitative estimate of drug-likeness (QED) is 0.506. The van der Waals surface area contributed by atoms with Crippen LogP contribution in [0.4, 0.5) is 11.8 Å². The van der Waals surface area contributed by atoms with E-state index in [2.05, 4.69) is 67.3 Å². The molecule has 4 rings (SSSR count). The first-order valence-electron chi connectivity index (χ1n) is 11.5. The van der Waals surface area contributed by atoms with Crippen molar-refractivity contribution < 1.29 is 0 Å². The van der Waals surface area contributed by atoms with Crippen molar-refractivity contribution >= 4 is 22.8 Å². The van der Waals surface area contributed by atoms with Gasteiger partial charge < -0.3 is 16.4 Å². The van der Waals surface area contributed by atoms with Crippen LogP contribution < -0.4 is 16.4 Å². The number of hydrogen-bond acceptors (Lipinski definition) is 6. The van der Waals surface area contributed by atoms with E-state index in [0.29, 0.717) is 24.6 Å². The molecule has 2 heterocycles. The summed E-state index contributed by atoms with van der Waals surface area (Å²) in [5.41, 5.74) is 10.2. The fraction of sp³-hybridized carbons (Fsp3) is 0.542. The third kappa shape index (κ3) is 4.82. The third-order valence-corrected chi connectivity index (χ3v) is 6.02. The van der Waals surface area contributed by atoms with E-state index in [9.17, 15) is 0 Å². The molecule has 1 aliphatic rings. The van der Waals surface area contributed by atoms with Crippen LogP contribution in [0.25, 0.3) is 11.0 Å². The van der Waals surface area contributed by atoms with Crippen molar-refractivity contribution in [1.82, 2.24) is 19.7 Å². The maximum absolute atomic E-state index is 6.09. The second-order valence-electron chi connectivity index (χ2n) is 9.27. The Morgan fingerprint density at radius 3 is 2.39 bits per heavy atom. The SMILES string of the molecule is CC(C)c1nn(C(C)C)c2c(NCc3ccccc3)nc(NC3CCC(N)CC3)nc12. The number of benzene rings is 1. The number of nitrogens with one attached hydrogen (secondary N) is 2. The average Bonchev–Trinajstić information content (AvgIpc) is 3.15. The molecule has 1 saturated carbocycles. The van der Waals surface area contributed by atoms with E-state index < -0.39 is 0 Å². The minimum atomic E-state index is 0.217. The molecule has 7 nitrogen and oxygen atoms in total. The summed E-state index contributed by atoms with van der Waals surface area (Å²) in [5.74, 6) is 1.78. The fourth-order valence-corrected chi connectivity index (χ4v) is 4.24. The van der Waals surface area contributed by atoms with E-state index >= 15 is 0 Å². The summed E-state index contributed by atoms with van der Waals surface area (Å²) in [6.07, 6.45) is 4.19. The second kappa shape index (κ2) is 9.22. The Hall–Kier alpha value is -2.67. The molecule has 4 N–H and O–H groups in total. The maximum Gasteiger partial charge on any atom is 0.225 e. The van der Waals surface area contributed by atoms with Crippen LogP contribution in [-0.4, -0.2) is 31.8 Å². The van der Waals surface area contributed by atoms with Crippen molar-refractivity contribution in [3.05, 3.63) is 41.6 Å². The molecule has 1 aromatic carbocycles. The standard InChI is InChI=1S/C24H35N7/c1-15(2)20-21-22(31(30-20)16(3)4)23(26-14-17-8-6-5-7-9-17)29-24(28-21)27-19-12-10-18(25)11-13-19/h5-9,15-16,18-19H,10-14,25H2,1-4H3,(H2,26,27,28,29). The Labute approximate surface area is 184 Å². The predicted octanol–water partition coefficient (Wildman–Crippen LogP) is 4.82. The largest absolute Gasteiger partial charge is 0.364 e. The molecular weight excluding hydrogens is 386 g/mol. The van der Waals surface area contributed by atoms with Gasteiger partial charge in [0.15, 0.2) is 5.82 Å². The van der Waals surface area contributed by atoms with E-state index in [1.54, 1.807) is 0 Å². The molecule has 3 aromatic rings. The lowest BCUT2D eigenvalue weighted by Crippen LogP contribution is -2.33. The first-order chi connectivity index (χ1) is 14.9. The normalized spacial score (nSPS) is 19.3. The van der Waals surface area contributed by atoms with Gasteiger partial charge in [-0.15, -0.1) is 0 Å². The molecule has 0 aliphatic heterocycles. The summed E-state index contributed by atoms with van der Waals surface area (Å²) in [5, 5.41) is 12.1. The number of rotatable bonds is 7. The van der Waals surface area contributed by atoms with E-state index in [-0.39, 0.29) is 12.0 Å². The Bertz CT molecular complexity index is 1000. The molecule has 1 fully saturated rings. The second-order valence-corrected chi connectivity index (χ2v) is 9.27. The lowest BCUT2D eigenvalue weighted by Gasteiger charge is -2.27. The average molecular weight is 422 g/mol. The molecule has 0 saturated heterocycles. The van der Waals surface area contributed by atoms with Crippen LogP contribution in [0.5, 0.6) is 0 Å². The van der Waals surface area contributed by atoms with Gasteiger partial charge in [0.25, 0.3) is 0 Å². The highest BCUT2D eigenvalue weighted by atomic mass is 15.3. The molecule has 1 aliphatic carbocycles. The van der Waals surface area contributed by atoms with E-state index in [1.165, 1.54) is 5.56 Å². The summed E-state index contributed by atoms with van der Waals surface area (Å²) in [6, 6.07) is 11.3. The van der Waals surface area contributed by atoms with Gasteiger partial charge in [-0.1, -0.05) is 44.2 Å². The molecule has 7 heteroatoms. The molecule has 0 bridgehead atoms. The first-order valence-corrected chi connectivity index (χ1v) is 11.5. The van der Waals surface area contributed by atoms with Gasteiger partial charge in [-0.2, -0.15) is 10.1 Å². The number of hydrogen-bond donors (Lipinski definition) is 3. The molecule has 31 heavy (non-hydrogen) atoms. The van der Waals surface area contributed by atoms with Gasteiger partial charge in [0.05, 0.1) is 5.69 Å². The van der Waals surface area contributed by atoms with Crippen molar-refractivity contribution in [3.63, 3.8) is 0 Å². The summed E-state index contributed by atoms with van der Waals surface area (Å²) in [6.45, 7) is 9.33. The van der Waals surface area contributed by atoms with Gasteiger partial charge in [-0.3, -0.25) is 4.68 Å². The Morgan fingerprint density at radius 2 is 1.74 bits per heavy atom. The highest BCUT2D eigenvalue weighted by Crippen LogP contribution is 2.32. The molecule has 0 unspecified atom stereocenters. The molecule has 2 aromatic heterocycles. The predicted molar refractivity (Wildman–Crippen MR) is 127 cm³/mol. The van der Waals surface area contributed by atoms with E-state index in [0.717, 1.165) is 48.2 Å². The number of nitrogens with two attached hydrogens (primary N) is 1. The van der Waals surface area contributed by atoms with Gasteiger partial charge in [-0.05, 0) is 51.0 Å². The number of anilines is 2. The highest BCUT2D eigenvalue weighted by Gasteiger charge is 2.24. The van der Waals surface area contributed by atoms with Crippen molar-refractivity contribution in [1.29, 1.82) is 0 Å². The molecule has 166 valence electrons. The van der Waals surface area contributed by atoms with Crippen LogP contribution in [0.3, 0.4) is 0 Å².